The fraction of sp³-hybridized carbons (Fsp3) is 0.0714. The number of carbonyl (C=O) groups excluding carboxylic acids is 1. The normalized spacial score (nSPS) is 11.1. The van der Waals surface area contributed by atoms with Gasteiger partial charge in [-0.3, -0.25) is 4.79 Å². The number of ketones is 1. The van der Waals surface area contributed by atoms with Crippen molar-refractivity contribution in [1.29, 1.82) is 0 Å². The molecular formula is C14H10Cl2OS. The first-order chi connectivity index (χ1) is 8.58. The van der Waals surface area contributed by atoms with E-state index in [1.807, 2.05) is 24.4 Å². The number of aryl methyl sites for hydroxylation is 1. The van der Waals surface area contributed by atoms with Crippen molar-refractivity contribution in [3.05, 3.63) is 61.8 Å². The van der Waals surface area contributed by atoms with E-state index in [0.717, 1.165) is 10.4 Å². The average Bonchev–Trinajstić information content (AvgIpc) is 2.72. The van der Waals surface area contributed by atoms with Crippen molar-refractivity contribution in [1.82, 2.24) is 0 Å². The van der Waals surface area contributed by atoms with Crippen molar-refractivity contribution in [2.24, 2.45) is 0 Å². The molecule has 0 aliphatic rings. The van der Waals surface area contributed by atoms with Crippen molar-refractivity contribution in [2.45, 2.75) is 6.92 Å². The number of carbonyl (C=O) groups is 1. The van der Waals surface area contributed by atoms with Crippen LogP contribution in [0.5, 0.6) is 0 Å². The van der Waals surface area contributed by atoms with Crippen LogP contribution in [0.1, 0.15) is 20.8 Å². The lowest BCUT2D eigenvalue weighted by Crippen LogP contribution is -1.95. The molecule has 1 aromatic carbocycles. The van der Waals surface area contributed by atoms with E-state index in [2.05, 4.69) is 0 Å². The summed E-state index contributed by atoms with van der Waals surface area (Å²) in [6.45, 7) is 2.01. The summed E-state index contributed by atoms with van der Waals surface area (Å²) < 4.78 is 0. The third kappa shape index (κ3) is 3.02. The van der Waals surface area contributed by atoms with E-state index in [1.165, 1.54) is 6.08 Å². The number of halogens is 2. The molecule has 0 fully saturated rings. The lowest BCUT2D eigenvalue weighted by molar-refractivity contribution is 0.104. The Balaban J connectivity index is 2.22. The van der Waals surface area contributed by atoms with Crippen molar-refractivity contribution >= 4 is 46.4 Å². The zero-order chi connectivity index (χ0) is 13.1. The van der Waals surface area contributed by atoms with Crippen molar-refractivity contribution in [3.63, 3.8) is 0 Å². The van der Waals surface area contributed by atoms with E-state index in [9.17, 15) is 4.79 Å². The SMILES string of the molecule is Cc1ccsc1/C=C/C(=O)c1ccc(Cl)cc1Cl. The number of hydrogen-bond donors (Lipinski definition) is 0. The molecule has 0 saturated heterocycles. The Bertz CT molecular complexity index is 614. The zero-order valence-corrected chi connectivity index (χ0v) is 11.9. The van der Waals surface area contributed by atoms with Gasteiger partial charge in [-0.15, -0.1) is 11.3 Å². The van der Waals surface area contributed by atoms with Gasteiger partial charge in [0.15, 0.2) is 5.78 Å². The number of allylic oxidation sites excluding steroid dienone is 1. The lowest BCUT2D eigenvalue weighted by Gasteiger charge is -2.00. The van der Waals surface area contributed by atoms with Crippen LogP contribution in [0.25, 0.3) is 6.08 Å². The minimum Gasteiger partial charge on any atom is -0.289 e. The number of rotatable bonds is 3. The number of benzene rings is 1. The lowest BCUT2D eigenvalue weighted by atomic mass is 10.1. The maximum absolute atomic E-state index is 12.0. The highest BCUT2D eigenvalue weighted by atomic mass is 35.5. The summed E-state index contributed by atoms with van der Waals surface area (Å²) >= 11 is 13.4. The Morgan fingerprint density at radius 2 is 2.06 bits per heavy atom. The van der Waals surface area contributed by atoms with Gasteiger partial charge in [0.25, 0.3) is 0 Å². The van der Waals surface area contributed by atoms with Gasteiger partial charge in [0.1, 0.15) is 0 Å². The highest BCUT2D eigenvalue weighted by Crippen LogP contribution is 2.22. The summed E-state index contributed by atoms with van der Waals surface area (Å²) in [5, 5.41) is 2.89. The topological polar surface area (TPSA) is 17.1 Å². The monoisotopic (exact) mass is 296 g/mol. The summed E-state index contributed by atoms with van der Waals surface area (Å²) in [4.78, 5) is 13.1. The molecule has 0 spiro atoms. The fourth-order valence-electron chi connectivity index (χ4n) is 1.49. The standard InChI is InChI=1S/C14H10Cl2OS/c1-9-6-7-18-14(9)5-4-13(17)11-3-2-10(15)8-12(11)16/h2-8H,1H3/b5-4+. The van der Waals surface area contributed by atoms with Crippen molar-refractivity contribution in [3.8, 4) is 0 Å². The Labute approximate surface area is 120 Å². The second-order valence-corrected chi connectivity index (χ2v) is 5.58. The molecule has 0 amide bonds. The predicted molar refractivity (Wildman–Crippen MR) is 78.9 cm³/mol. The molecule has 1 aromatic heterocycles. The van der Waals surface area contributed by atoms with Crippen LogP contribution >= 0.6 is 34.5 Å². The molecule has 2 aromatic rings. The van der Waals surface area contributed by atoms with E-state index in [-0.39, 0.29) is 5.78 Å². The molecule has 0 saturated carbocycles. The average molecular weight is 297 g/mol. The highest BCUT2D eigenvalue weighted by molar-refractivity contribution is 7.11. The van der Waals surface area contributed by atoms with Gasteiger partial charge in [0.2, 0.25) is 0 Å². The molecule has 4 heteroatoms. The van der Waals surface area contributed by atoms with Gasteiger partial charge >= 0.3 is 0 Å². The third-order valence-corrected chi connectivity index (χ3v) is 4.02. The largest absolute Gasteiger partial charge is 0.289 e. The van der Waals surface area contributed by atoms with Gasteiger partial charge in [-0.05, 0) is 54.3 Å². The predicted octanol–water partition coefficient (Wildman–Crippen LogP) is 5.26. The minimum atomic E-state index is -0.121. The van der Waals surface area contributed by atoms with Gasteiger partial charge < -0.3 is 0 Å². The Kier molecular flexibility index (Phi) is 4.23. The molecule has 0 aliphatic carbocycles. The fourth-order valence-corrected chi connectivity index (χ4v) is 2.81. The molecule has 18 heavy (non-hydrogen) atoms. The Morgan fingerprint density at radius 1 is 1.28 bits per heavy atom. The number of hydrogen-bond acceptors (Lipinski definition) is 2. The van der Waals surface area contributed by atoms with Gasteiger partial charge in [-0.2, -0.15) is 0 Å². The highest BCUT2D eigenvalue weighted by Gasteiger charge is 2.07. The summed E-state index contributed by atoms with van der Waals surface area (Å²) in [6.07, 6.45) is 3.35. The molecule has 1 heterocycles. The smallest absolute Gasteiger partial charge is 0.187 e. The molecule has 0 unspecified atom stereocenters. The second kappa shape index (κ2) is 5.70. The van der Waals surface area contributed by atoms with Gasteiger partial charge in [-0.25, -0.2) is 0 Å². The van der Waals surface area contributed by atoms with Gasteiger partial charge in [0.05, 0.1) is 5.02 Å². The van der Waals surface area contributed by atoms with Crippen LogP contribution < -0.4 is 0 Å². The Morgan fingerprint density at radius 3 is 2.67 bits per heavy atom. The van der Waals surface area contributed by atoms with Crippen molar-refractivity contribution in [2.75, 3.05) is 0 Å². The van der Waals surface area contributed by atoms with Crippen LogP contribution in [0, 0.1) is 6.92 Å². The van der Waals surface area contributed by atoms with Crippen LogP contribution in [-0.2, 0) is 0 Å². The van der Waals surface area contributed by atoms with Crippen molar-refractivity contribution < 1.29 is 4.79 Å². The van der Waals surface area contributed by atoms with E-state index >= 15 is 0 Å². The third-order valence-electron chi connectivity index (χ3n) is 2.48. The second-order valence-electron chi connectivity index (χ2n) is 3.79. The van der Waals surface area contributed by atoms with Gasteiger partial charge in [-0.1, -0.05) is 23.2 Å². The Hall–Kier alpha value is -1.09. The van der Waals surface area contributed by atoms with Crippen LogP contribution in [0.2, 0.25) is 10.0 Å². The molecule has 0 bridgehead atoms. The first-order valence-corrected chi connectivity index (χ1v) is 6.93. The summed E-state index contributed by atoms with van der Waals surface area (Å²) in [7, 11) is 0. The summed E-state index contributed by atoms with van der Waals surface area (Å²) in [6, 6.07) is 6.88. The van der Waals surface area contributed by atoms with Gasteiger partial charge in [0, 0.05) is 15.5 Å². The zero-order valence-electron chi connectivity index (χ0n) is 9.61. The summed E-state index contributed by atoms with van der Waals surface area (Å²) in [5.74, 6) is -0.121. The van der Waals surface area contributed by atoms with Crippen LogP contribution in [0.4, 0.5) is 0 Å². The molecule has 1 nitrogen and oxygen atoms in total. The maximum Gasteiger partial charge on any atom is 0.187 e. The molecule has 0 atom stereocenters. The van der Waals surface area contributed by atoms with E-state index in [1.54, 1.807) is 29.5 Å². The van der Waals surface area contributed by atoms with E-state index in [4.69, 9.17) is 23.2 Å². The van der Waals surface area contributed by atoms with Crippen LogP contribution in [0.15, 0.2) is 35.7 Å². The maximum atomic E-state index is 12.0. The number of thiophene rings is 1. The first-order valence-electron chi connectivity index (χ1n) is 5.29. The molecule has 0 N–H and O–H groups in total. The van der Waals surface area contributed by atoms with E-state index in [0.29, 0.717) is 15.6 Å². The molecular weight excluding hydrogens is 287 g/mol. The quantitative estimate of drug-likeness (QED) is 0.558. The van der Waals surface area contributed by atoms with Crippen LogP contribution in [-0.4, -0.2) is 5.78 Å². The molecule has 2 rings (SSSR count). The summed E-state index contributed by atoms with van der Waals surface area (Å²) in [5.41, 5.74) is 1.62. The first kappa shape index (κ1) is 13.3. The van der Waals surface area contributed by atoms with E-state index < -0.39 is 0 Å². The van der Waals surface area contributed by atoms with Crippen LogP contribution in [0.3, 0.4) is 0 Å². The molecule has 92 valence electrons. The molecule has 0 aliphatic heterocycles. The molecule has 0 radical (unpaired) electrons. The minimum absolute atomic E-state index is 0.121.